The van der Waals surface area contributed by atoms with Crippen molar-refractivity contribution in [1.82, 2.24) is 10.6 Å². The fourth-order valence-corrected chi connectivity index (χ4v) is 3.51. The molecule has 1 aliphatic carbocycles. The predicted molar refractivity (Wildman–Crippen MR) is 91.1 cm³/mol. The molecule has 0 radical (unpaired) electrons. The Morgan fingerprint density at radius 3 is 2.74 bits per heavy atom. The first kappa shape index (κ1) is 15.0. The summed E-state index contributed by atoms with van der Waals surface area (Å²) in [5, 5.41) is 7.53. The highest BCUT2D eigenvalue weighted by atomic mass is 32.1. The van der Waals surface area contributed by atoms with Gasteiger partial charge in [-0.1, -0.05) is 6.07 Å². The summed E-state index contributed by atoms with van der Waals surface area (Å²) >= 11 is 5.42. The fourth-order valence-electron chi connectivity index (χ4n) is 3.27. The van der Waals surface area contributed by atoms with Gasteiger partial charge in [-0.25, -0.2) is 0 Å². The zero-order chi connectivity index (χ0) is 15.7. The molecule has 0 bridgehead atoms. The van der Waals surface area contributed by atoms with Crippen LogP contribution in [0.1, 0.15) is 31.2 Å². The Kier molecular flexibility index (Phi) is 4.03. The minimum absolute atomic E-state index is 0.0223. The summed E-state index contributed by atoms with van der Waals surface area (Å²) in [6.07, 6.45) is 4.41. The second kappa shape index (κ2) is 6.17. The van der Waals surface area contributed by atoms with E-state index in [-0.39, 0.29) is 5.41 Å². The van der Waals surface area contributed by atoms with Crippen molar-refractivity contribution >= 4 is 17.3 Å². The lowest BCUT2D eigenvalue weighted by atomic mass is 9.74. The van der Waals surface area contributed by atoms with Crippen LogP contribution in [0.25, 0.3) is 0 Å². The summed E-state index contributed by atoms with van der Waals surface area (Å²) in [4.78, 5) is 0. The van der Waals surface area contributed by atoms with Crippen LogP contribution >= 0.6 is 12.2 Å². The molecule has 5 nitrogen and oxygen atoms in total. The van der Waals surface area contributed by atoms with Gasteiger partial charge in [-0.2, -0.15) is 0 Å². The lowest BCUT2D eigenvalue weighted by molar-refractivity contribution is 0.0513. The van der Waals surface area contributed by atoms with Crippen molar-refractivity contribution in [3.63, 3.8) is 0 Å². The Morgan fingerprint density at radius 1 is 1.17 bits per heavy atom. The van der Waals surface area contributed by atoms with Crippen molar-refractivity contribution in [2.24, 2.45) is 0 Å². The Morgan fingerprint density at radius 2 is 1.96 bits per heavy atom. The highest BCUT2D eigenvalue weighted by Crippen LogP contribution is 2.40. The number of nitrogens with one attached hydrogen (secondary N) is 2. The molecule has 2 heterocycles. The molecule has 4 rings (SSSR count). The van der Waals surface area contributed by atoms with E-state index >= 15 is 0 Å². The molecule has 2 fully saturated rings. The molecule has 23 heavy (non-hydrogen) atoms. The van der Waals surface area contributed by atoms with Crippen molar-refractivity contribution < 1.29 is 14.2 Å². The van der Waals surface area contributed by atoms with Gasteiger partial charge < -0.3 is 24.8 Å². The van der Waals surface area contributed by atoms with Crippen molar-refractivity contribution in [2.45, 2.75) is 37.1 Å². The summed E-state index contributed by atoms with van der Waals surface area (Å²) in [5.74, 6) is 1.67. The van der Waals surface area contributed by atoms with Crippen molar-refractivity contribution in [3.05, 3.63) is 23.8 Å². The molecule has 0 amide bonds. The number of thiocarbonyl (C=S) groups is 1. The molecule has 124 valence electrons. The number of hydrogen-bond donors (Lipinski definition) is 2. The Bertz CT molecular complexity index is 598. The molecule has 0 atom stereocenters. The van der Waals surface area contributed by atoms with E-state index in [9.17, 15) is 0 Å². The smallest absolute Gasteiger partial charge is 0.231 e. The van der Waals surface area contributed by atoms with Crippen LogP contribution in [-0.4, -0.2) is 37.7 Å². The van der Waals surface area contributed by atoms with Gasteiger partial charge in [-0.3, -0.25) is 0 Å². The Labute approximate surface area is 141 Å². The molecule has 2 N–H and O–H groups in total. The summed E-state index contributed by atoms with van der Waals surface area (Å²) in [5.41, 5.74) is 1.29. The average molecular weight is 334 g/mol. The van der Waals surface area contributed by atoms with Gasteiger partial charge in [0.1, 0.15) is 0 Å². The number of rotatable bonds is 4. The van der Waals surface area contributed by atoms with Crippen LogP contribution in [0.15, 0.2) is 18.2 Å². The van der Waals surface area contributed by atoms with E-state index in [1.54, 1.807) is 0 Å². The van der Waals surface area contributed by atoms with E-state index in [1.807, 2.05) is 6.07 Å². The van der Waals surface area contributed by atoms with Gasteiger partial charge in [0.05, 0.1) is 0 Å². The van der Waals surface area contributed by atoms with Crippen LogP contribution in [0.4, 0.5) is 0 Å². The van der Waals surface area contributed by atoms with Gasteiger partial charge in [0, 0.05) is 31.2 Å². The van der Waals surface area contributed by atoms with E-state index in [4.69, 9.17) is 26.4 Å². The van der Waals surface area contributed by atoms with E-state index in [0.717, 1.165) is 49.2 Å². The maximum Gasteiger partial charge on any atom is 0.231 e. The molecule has 3 aliphatic rings. The Balaban J connectivity index is 1.51. The van der Waals surface area contributed by atoms with Crippen molar-refractivity contribution in [3.8, 4) is 11.5 Å². The first-order valence-electron chi connectivity index (χ1n) is 8.27. The summed E-state index contributed by atoms with van der Waals surface area (Å²) in [7, 11) is 0. The largest absolute Gasteiger partial charge is 0.454 e. The number of fused-ring (bicyclic) bond motifs is 1. The van der Waals surface area contributed by atoms with Crippen LogP contribution in [0, 0.1) is 0 Å². The average Bonchev–Trinajstić information content (AvgIpc) is 3.26. The van der Waals surface area contributed by atoms with Gasteiger partial charge in [-0.05, 0) is 55.6 Å². The van der Waals surface area contributed by atoms with Gasteiger partial charge in [0.25, 0.3) is 0 Å². The second-order valence-corrected chi connectivity index (χ2v) is 6.97. The number of ether oxygens (including phenoxy) is 3. The quantitative estimate of drug-likeness (QED) is 0.823. The number of benzene rings is 1. The Hall–Kier alpha value is -1.53. The first-order chi connectivity index (χ1) is 11.3. The third kappa shape index (κ3) is 3.23. The molecular formula is C17H22N2O3S. The van der Waals surface area contributed by atoms with Crippen LogP contribution in [0.5, 0.6) is 11.5 Å². The van der Waals surface area contributed by atoms with E-state index in [1.165, 1.54) is 18.4 Å². The fraction of sp³-hybridized carbons (Fsp3) is 0.588. The molecule has 6 heteroatoms. The van der Waals surface area contributed by atoms with E-state index in [0.29, 0.717) is 12.8 Å². The van der Waals surface area contributed by atoms with Crippen LogP contribution in [0.3, 0.4) is 0 Å². The van der Waals surface area contributed by atoms with Gasteiger partial charge in [0.15, 0.2) is 16.6 Å². The monoisotopic (exact) mass is 334 g/mol. The third-order valence-electron chi connectivity index (χ3n) is 4.93. The van der Waals surface area contributed by atoms with E-state index in [2.05, 4.69) is 22.8 Å². The summed E-state index contributed by atoms with van der Waals surface area (Å²) in [6.45, 7) is 2.68. The van der Waals surface area contributed by atoms with E-state index < -0.39 is 0 Å². The molecule has 1 saturated heterocycles. The van der Waals surface area contributed by atoms with Gasteiger partial charge >= 0.3 is 0 Å². The first-order valence-corrected chi connectivity index (χ1v) is 8.68. The topological polar surface area (TPSA) is 51.8 Å². The van der Waals surface area contributed by atoms with Crippen LogP contribution < -0.4 is 20.1 Å². The van der Waals surface area contributed by atoms with Gasteiger partial charge in [0.2, 0.25) is 6.79 Å². The second-order valence-electron chi connectivity index (χ2n) is 6.56. The standard InChI is InChI=1S/C17H22N2O3S/c23-16(19-13-2-3-13)18-10-17(5-7-20-8-6-17)12-1-4-14-15(9-12)22-11-21-14/h1,4,9,13H,2-3,5-8,10-11H2,(H2,18,19,23). The minimum Gasteiger partial charge on any atom is -0.454 e. The zero-order valence-corrected chi connectivity index (χ0v) is 13.9. The van der Waals surface area contributed by atoms with Crippen molar-refractivity contribution in [2.75, 3.05) is 26.6 Å². The SMILES string of the molecule is S=C(NCC1(c2ccc3c(c2)OCO3)CCOCC1)NC1CC1. The highest BCUT2D eigenvalue weighted by molar-refractivity contribution is 7.80. The molecule has 1 aromatic rings. The lowest BCUT2D eigenvalue weighted by Crippen LogP contribution is -2.47. The van der Waals surface area contributed by atoms with Crippen molar-refractivity contribution in [1.29, 1.82) is 0 Å². The molecule has 0 unspecified atom stereocenters. The third-order valence-corrected chi connectivity index (χ3v) is 5.20. The van der Waals surface area contributed by atoms with Gasteiger partial charge in [-0.15, -0.1) is 0 Å². The summed E-state index contributed by atoms with van der Waals surface area (Å²) in [6, 6.07) is 6.85. The summed E-state index contributed by atoms with van der Waals surface area (Å²) < 4.78 is 16.6. The minimum atomic E-state index is 0.0223. The molecule has 1 saturated carbocycles. The zero-order valence-electron chi connectivity index (χ0n) is 13.1. The maximum atomic E-state index is 5.59. The molecule has 1 aromatic carbocycles. The molecular weight excluding hydrogens is 312 g/mol. The molecule has 0 aromatic heterocycles. The highest BCUT2D eigenvalue weighted by Gasteiger charge is 2.36. The molecule has 0 spiro atoms. The number of hydrogen-bond acceptors (Lipinski definition) is 4. The maximum absolute atomic E-state index is 5.59. The molecule has 2 aliphatic heterocycles. The van der Waals surface area contributed by atoms with Crippen LogP contribution in [0.2, 0.25) is 0 Å². The lowest BCUT2D eigenvalue weighted by Gasteiger charge is -2.38. The van der Waals surface area contributed by atoms with Crippen LogP contribution in [-0.2, 0) is 10.2 Å². The normalized spacial score (nSPS) is 21.7. The predicted octanol–water partition coefficient (Wildman–Crippen LogP) is 2.09.